The van der Waals surface area contributed by atoms with E-state index >= 15 is 0 Å². The Kier molecular flexibility index (Phi) is 3.87. The van der Waals surface area contributed by atoms with Crippen molar-refractivity contribution in [2.24, 2.45) is 0 Å². The highest BCUT2D eigenvalue weighted by atomic mass is 19.1. The summed E-state index contributed by atoms with van der Waals surface area (Å²) in [5.41, 5.74) is 1.44. The minimum absolute atomic E-state index is 0.0333. The van der Waals surface area contributed by atoms with Crippen molar-refractivity contribution in [3.8, 4) is 0 Å². The number of carbonyl (C=O) groups is 1. The van der Waals surface area contributed by atoms with Gasteiger partial charge in [0.05, 0.1) is 12.7 Å². The Morgan fingerprint density at radius 1 is 1.43 bits per heavy atom. The fraction of sp³-hybridized carbons (Fsp3) is 0.133. The van der Waals surface area contributed by atoms with Gasteiger partial charge in [-0.25, -0.2) is 4.79 Å². The Labute approximate surface area is 131 Å². The normalized spacial score (nSPS) is 20.0. The van der Waals surface area contributed by atoms with E-state index in [1.165, 1.54) is 13.2 Å². The molecule has 3 rings (SSSR count). The molecule has 120 valence electrons. The third kappa shape index (κ3) is 2.70. The van der Waals surface area contributed by atoms with Crippen LogP contribution in [0.15, 0.2) is 59.5 Å². The Morgan fingerprint density at radius 3 is 2.87 bits per heavy atom. The fourth-order valence-electron chi connectivity index (χ4n) is 2.27. The highest BCUT2D eigenvalue weighted by Gasteiger charge is 2.36. The molecule has 8 heteroatoms. The van der Waals surface area contributed by atoms with Crippen LogP contribution >= 0.6 is 0 Å². The second-order valence-electron chi connectivity index (χ2n) is 4.93. The number of quaternary nitrogens is 1. The summed E-state index contributed by atoms with van der Waals surface area (Å²) < 4.78 is 19.4. The molecule has 2 heterocycles. The zero-order valence-electron chi connectivity index (χ0n) is 12.4. The summed E-state index contributed by atoms with van der Waals surface area (Å²) >= 11 is 0. The maximum atomic E-state index is 14.7. The first-order valence-electron chi connectivity index (χ1n) is 6.78. The molecule has 0 saturated heterocycles. The highest BCUT2D eigenvalue weighted by Crippen LogP contribution is 2.32. The lowest BCUT2D eigenvalue weighted by atomic mass is 10.1. The van der Waals surface area contributed by atoms with E-state index < -0.39 is 17.1 Å². The van der Waals surface area contributed by atoms with Gasteiger partial charge in [-0.05, 0) is 24.6 Å². The van der Waals surface area contributed by atoms with Crippen molar-refractivity contribution in [2.45, 2.75) is 6.92 Å². The van der Waals surface area contributed by atoms with E-state index in [4.69, 9.17) is 9.68 Å². The Balaban J connectivity index is 2.04. The molecule has 0 aliphatic carbocycles. The van der Waals surface area contributed by atoms with Gasteiger partial charge >= 0.3 is 5.97 Å². The van der Waals surface area contributed by atoms with Crippen molar-refractivity contribution in [1.82, 2.24) is 5.06 Å². The van der Waals surface area contributed by atoms with E-state index in [-0.39, 0.29) is 17.0 Å². The number of rotatable bonds is 3. The molecule has 2 aliphatic heterocycles. The van der Waals surface area contributed by atoms with Crippen molar-refractivity contribution in [1.29, 1.82) is 0 Å². The quantitative estimate of drug-likeness (QED) is 0.492. The number of aryl methyl sites for hydroxylation is 1. The monoisotopic (exact) mass is 319 g/mol. The van der Waals surface area contributed by atoms with Crippen LogP contribution in [-0.2, 0) is 14.5 Å². The van der Waals surface area contributed by atoms with Gasteiger partial charge in [-0.1, -0.05) is 23.1 Å². The van der Waals surface area contributed by atoms with Gasteiger partial charge in [0, 0.05) is 5.69 Å². The number of anilines is 1. The maximum Gasteiger partial charge on any atom is 0.340 e. The van der Waals surface area contributed by atoms with Crippen LogP contribution in [0.5, 0.6) is 0 Å². The molecule has 1 aromatic rings. The fourth-order valence-corrected chi connectivity index (χ4v) is 2.27. The van der Waals surface area contributed by atoms with Crippen molar-refractivity contribution in [3.05, 3.63) is 70.2 Å². The van der Waals surface area contributed by atoms with Crippen molar-refractivity contribution in [2.75, 3.05) is 12.4 Å². The van der Waals surface area contributed by atoms with Crippen LogP contribution in [0.4, 0.5) is 10.1 Å². The van der Waals surface area contributed by atoms with E-state index in [2.05, 4.69) is 5.32 Å². The van der Waals surface area contributed by atoms with Crippen molar-refractivity contribution in [3.63, 3.8) is 0 Å². The van der Waals surface area contributed by atoms with Gasteiger partial charge in [0.1, 0.15) is 11.4 Å². The standard InChI is InChI=1S/C15H14FN3O4/c1-9-5-3-4-6-12(9)17-13-11(15(20)22-2)7-10-8-18(21)23-19(10)14(13)16/h3-8,17-18H,1-2H3. The lowest BCUT2D eigenvalue weighted by Gasteiger charge is -2.24. The third-order valence-corrected chi connectivity index (χ3v) is 3.44. The van der Waals surface area contributed by atoms with Crippen LogP contribution in [0.1, 0.15) is 5.56 Å². The first-order valence-corrected chi connectivity index (χ1v) is 6.78. The van der Waals surface area contributed by atoms with E-state index in [0.29, 0.717) is 5.69 Å². The lowest BCUT2D eigenvalue weighted by molar-refractivity contribution is -1.03. The van der Waals surface area contributed by atoms with E-state index in [1.807, 2.05) is 19.1 Å². The van der Waals surface area contributed by atoms with Crippen LogP contribution in [0.25, 0.3) is 0 Å². The molecule has 2 N–H and O–H groups in total. The number of ether oxygens (including phenoxy) is 1. The molecule has 0 amide bonds. The molecule has 1 aromatic carbocycles. The molecule has 2 aliphatic rings. The molecule has 0 saturated carbocycles. The van der Waals surface area contributed by atoms with Crippen LogP contribution in [-0.4, -0.2) is 18.1 Å². The Morgan fingerprint density at radius 2 is 2.17 bits per heavy atom. The summed E-state index contributed by atoms with van der Waals surface area (Å²) in [5.74, 6) is -1.62. The van der Waals surface area contributed by atoms with E-state index in [9.17, 15) is 14.4 Å². The number of benzene rings is 1. The summed E-state index contributed by atoms with van der Waals surface area (Å²) in [6.07, 6.45) is 2.42. The van der Waals surface area contributed by atoms with Gasteiger partial charge in [0.15, 0.2) is 6.20 Å². The summed E-state index contributed by atoms with van der Waals surface area (Å²) in [4.78, 5) is 16.7. The number of para-hydroxylation sites is 1. The molecular formula is C15H14FN3O4. The molecule has 7 nitrogen and oxygen atoms in total. The molecule has 1 atom stereocenters. The first kappa shape index (κ1) is 15.2. The van der Waals surface area contributed by atoms with Gasteiger partial charge in [-0.3, -0.25) is 0 Å². The predicted molar refractivity (Wildman–Crippen MR) is 78.4 cm³/mol. The smallest absolute Gasteiger partial charge is 0.340 e. The van der Waals surface area contributed by atoms with Gasteiger partial charge < -0.3 is 15.3 Å². The van der Waals surface area contributed by atoms with Gasteiger partial charge in [0.25, 0.3) is 0 Å². The average Bonchev–Trinajstić information content (AvgIpc) is 2.92. The number of allylic oxidation sites excluding steroid dienone is 1. The van der Waals surface area contributed by atoms with Crippen LogP contribution < -0.4 is 10.5 Å². The van der Waals surface area contributed by atoms with Crippen LogP contribution in [0.2, 0.25) is 0 Å². The molecular weight excluding hydrogens is 305 g/mol. The molecule has 0 spiro atoms. The minimum Gasteiger partial charge on any atom is -0.593 e. The summed E-state index contributed by atoms with van der Waals surface area (Å²) in [5, 5.41) is 14.2. The second-order valence-corrected chi connectivity index (χ2v) is 4.93. The number of esters is 1. The number of fused-ring (bicyclic) bond motifs is 1. The number of methoxy groups -OCH3 is 1. The number of nitrogens with one attached hydrogen (secondary N) is 2. The van der Waals surface area contributed by atoms with Gasteiger partial charge in [-0.2, -0.15) is 9.62 Å². The number of hydroxylamine groups is 4. The molecule has 0 bridgehead atoms. The summed E-state index contributed by atoms with van der Waals surface area (Å²) in [6.45, 7) is 1.84. The Hall–Kier alpha value is -2.68. The SMILES string of the molecule is COC(=O)C1=CC2=C[NH+]([O-])ON2C(F)=C1Nc1ccccc1C. The average molecular weight is 319 g/mol. The number of halogens is 1. The maximum absolute atomic E-state index is 14.7. The third-order valence-electron chi connectivity index (χ3n) is 3.44. The predicted octanol–water partition coefficient (Wildman–Crippen LogP) is 1.04. The highest BCUT2D eigenvalue weighted by molar-refractivity contribution is 5.95. The molecule has 0 fully saturated rings. The lowest BCUT2D eigenvalue weighted by Crippen LogP contribution is -3.00. The van der Waals surface area contributed by atoms with Crippen LogP contribution in [0.3, 0.4) is 0 Å². The zero-order valence-corrected chi connectivity index (χ0v) is 12.4. The number of carbonyl (C=O) groups excluding carboxylic acids is 1. The van der Waals surface area contributed by atoms with Crippen LogP contribution in [0, 0.1) is 12.1 Å². The zero-order chi connectivity index (χ0) is 16.6. The second kappa shape index (κ2) is 5.84. The minimum atomic E-state index is -0.895. The number of hydrogen-bond acceptors (Lipinski definition) is 6. The largest absolute Gasteiger partial charge is 0.593 e. The topological polar surface area (TPSA) is 78.3 Å². The summed E-state index contributed by atoms with van der Waals surface area (Å²) in [7, 11) is 1.20. The van der Waals surface area contributed by atoms with Gasteiger partial charge in [0.2, 0.25) is 5.95 Å². The molecule has 1 unspecified atom stereocenters. The van der Waals surface area contributed by atoms with E-state index in [1.54, 1.807) is 12.1 Å². The number of hydrogen-bond donors (Lipinski definition) is 2. The van der Waals surface area contributed by atoms with Gasteiger partial charge in [-0.15, -0.1) is 5.06 Å². The first-order chi connectivity index (χ1) is 11.0. The molecule has 0 radical (unpaired) electrons. The van der Waals surface area contributed by atoms with E-state index in [0.717, 1.165) is 16.8 Å². The summed E-state index contributed by atoms with van der Waals surface area (Å²) in [6, 6.07) is 7.20. The number of nitrogens with zero attached hydrogens (tertiary/aromatic N) is 1. The van der Waals surface area contributed by atoms with Crippen molar-refractivity contribution < 1.29 is 24.1 Å². The molecule has 0 aromatic heterocycles. The van der Waals surface area contributed by atoms with Crippen molar-refractivity contribution >= 4 is 11.7 Å². The molecule has 23 heavy (non-hydrogen) atoms. The Bertz CT molecular complexity index is 757.